The highest BCUT2D eigenvalue weighted by molar-refractivity contribution is 7.99. The molecule has 3 unspecified atom stereocenters. The Kier molecular flexibility index (Phi) is 30.5. The summed E-state index contributed by atoms with van der Waals surface area (Å²) < 4.78 is 5.20. The molecule has 1 heterocycles. The number of esters is 1. The summed E-state index contributed by atoms with van der Waals surface area (Å²) in [5.74, 6) is 3.81. The van der Waals surface area contributed by atoms with Crippen molar-refractivity contribution in [2.75, 3.05) is 56.7 Å². The second-order valence-electron chi connectivity index (χ2n) is 14.3. The molecule has 1 aliphatic heterocycles. The highest BCUT2D eigenvalue weighted by Gasteiger charge is 2.26. The van der Waals surface area contributed by atoms with E-state index in [2.05, 4.69) is 35.1 Å². The highest BCUT2D eigenvalue weighted by Crippen LogP contribution is 2.23. The van der Waals surface area contributed by atoms with Gasteiger partial charge in [-0.05, 0) is 78.0 Å². The number of hydrogen-bond donors (Lipinski definition) is 5. The summed E-state index contributed by atoms with van der Waals surface area (Å²) in [4.78, 5) is 71.6. The van der Waals surface area contributed by atoms with E-state index in [-0.39, 0.29) is 42.5 Å². The van der Waals surface area contributed by atoms with Crippen molar-refractivity contribution in [1.82, 2.24) is 26.2 Å². The fourth-order valence-electron chi connectivity index (χ4n) is 4.26. The average Bonchev–Trinajstić information content (AvgIpc) is 3.47. The summed E-state index contributed by atoms with van der Waals surface area (Å²) in [5.41, 5.74) is -0.640. The first kappa shape index (κ1) is 51.5. The molecule has 0 radical (unpaired) electrons. The molecule has 0 aromatic rings. The highest BCUT2D eigenvalue weighted by atomic mass is 32.2. The van der Waals surface area contributed by atoms with Gasteiger partial charge < -0.3 is 36.3 Å². The number of thioether (sulfide) groups is 2. The Morgan fingerprint density at radius 3 is 2.12 bits per heavy atom. The van der Waals surface area contributed by atoms with Crippen molar-refractivity contribution in [2.24, 2.45) is 11.8 Å². The number of ether oxygens (including phenoxy) is 1. The lowest BCUT2D eigenvalue weighted by Gasteiger charge is -2.21. The maximum Gasteiger partial charge on any atom is 0.325 e. The third kappa shape index (κ3) is 30.9. The maximum atomic E-state index is 12.6. The van der Waals surface area contributed by atoms with E-state index >= 15 is 0 Å². The van der Waals surface area contributed by atoms with E-state index in [1.165, 1.54) is 25.0 Å². The van der Waals surface area contributed by atoms with E-state index in [1.54, 1.807) is 46.7 Å². The largest absolute Gasteiger partial charge is 0.459 e. The van der Waals surface area contributed by atoms with Crippen molar-refractivity contribution in [2.45, 2.75) is 124 Å². The third-order valence-corrected chi connectivity index (χ3v) is 9.70. The molecule has 4 amide bonds. The first-order valence-corrected chi connectivity index (χ1v) is 20.9. The molecule has 0 aliphatic carbocycles. The van der Waals surface area contributed by atoms with Crippen LogP contribution in [0.5, 0.6) is 0 Å². The van der Waals surface area contributed by atoms with Gasteiger partial charge in [-0.25, -0.2) is 0 Å². The number of nitrogens with zero attached hydrogens (tertiary/aromatic N) is 1. The van der Waals surface area contributed by atoms with Gasteiger partial charge in [-0.1, -0.05) is 47.5 Å². The Labute approximate surface area is 322 Å². The number of hydrogen-bond acceptors (Lipinski definition) is 11. The number of amides is 4. The molecule has 302 valence electrons. The molecule has 13 nitrogen and oxygen atoms in total. The number of unbranched alkanes of at least 4 members (excludes halogenated alkanes) is 3. The molecule has 52 heavy (non-hydrogen) atoms. The van der Waals surface area contributed by atoms with Crippen LogP contribution in [0, 0.1) is 17.2 Å². The zero-order chi connectivity index (χ0) is 40.1. The average molecular weight is 775 g/mol. The number of rotatable bonds is 22. The fraction of sp³-hybridized carbons (Fsp3) is 0.811. The van der Waals surface area contributed by atoms with Gasteiger partial charge in [0.15, 0.2) is 5.78 Å². The van der Waals surface area contributed by atoms with E-state index < -0.39 is 23.5 Å². The van der Waals surface area contributed by atoms with Crippen molar-refractivity contribution in [3.8, 4) is 0 Å². The number of carbonyl (C=O) groups is 6. The van der Waals surface area contributed by atoms with Gasteiger partial charge in [-0.15, -0.1) is 0 Å². The van der Waals surface area contributed by atoms with Crippen LogP contribution in [-0.2, 0) is 33.5 Å². The minimum Gasteiger partial charge on any atom is -0.459 e. The van der Waals surface area contributed by atoms with Gasteiger partial charge in [0.1, 0.15) is 18.2 Å². The Bertz CT molecular complexity index is 1070. The summed E-state index contributed by atoms with van der Waals surface area (Å²) in [6, 6.07) is -0.352. The molecule has 5 N–H and O–H groups in total. The summed E-state index contributed by atoms with van der Waals surface area (Å²) >= 11 is 3.74. The molecule has 1 aliphatic rings. The molecular weight excluding hydrogens is 705 g/mol. The van der Waals surface area contributed by atoms with Crippen LogP contribution in [0.25, 0.3) is 0 Å². The van der Waals surface area contributed by atoms with Crippen LogP contribution >= 0.6 is 23.5 Å². The lowest BCUT2D eigenvalue weighted by molar-refractivity contribution is -0.154. The minimum atomic E-state index is -0.759. The third-order valence-electron chi connectivity index (χ3n) is 7.27. The fourth-order valence-corrected chi connectivity index (χ4v) is 6.61. The zero-order valence-corrected chi connectivity index (χ0v) is 35.2. The Morgan fingerprint density at radius 2 is 1.62 bits per heavy atom. The van der Waals surface area contributed by atoms with Crippen LogP contribution in [0.1, 0.15) is 107 Å². The van der Waals surface area contributed by atoms with Gasteiger partial charge in [0.25, 0.3) is 0 Å². The standard InChI is InChI=1S/C24H46N4O5S.C9H17NOS.C4H7NO/c1-7-8-11-15-34-16-13-20(29)25-14-10-9-12-19(27-21(30)18-28(5)6)23(32)26-17-22(31)33-24(2,3)4;1-6(2)9(11)10-8-5-12-4-7(8)3;1-2-4(6)3-5/h19H,7-18H2,1-6H3,(H,25,29)(H,26,32)(H,27,30);6-8H,4-5H2,1-3H3,(H,10,11);3,5H,2H2,1H3. The van der Waals surface area contributed by atoms with E-state index in [0.29, 0.717) is 50.6 Å². The van der Waals surface area contributed by atoms with Crippen LogP contribution in [0.2, 0.25) is 0 Å². The molecule has 0 aromatic carbocycles. The summed E-state index contributed by atoms with van der Waals surface area (Å²) in [5, 5.41) is 17.6. The van der Waals surface area contributed by atoms with Gasteiger partial charge in [0.2, 0.25) is 23.6 Å². The first-order chi connectivity index (χ1) is 24.4. The Balaban J connectivity index is 0. The van der Waals surface area contributed by atoms with Crippen molar-refractivity contribution < 1.29 is 33.5 Å². The first-order valence-electron chi connectivity index (χ1n) is 18.6. The second kappa shape index (κ2) is 30.8. The molecule has 1 saturated heterocycles. The number of nitrogens with one attached hydrogen (secondary N) is 5. The monoisotopic (exact) mass is 774 g/mol. The van der Waals surface area contributed by atoms with Crippen molar-refractivity contribution in [1.29, 1.82) is 5.41 Å². The normalized spacial score (nSPS) is 15.6. The number of carbonyl (C=O) groups excluding carboxylic acids is 6. The molecule has 0 aromatic heterocycles. The maximum absolute atomic E-state index is 12.6. The molecular formula is C37H70N6O7S2. The Hall–Kier alpha value is -2.65. The van der Waals surface area contributed by atoms with Crippen LogP contribution in [0.15, 0.2) is 0 Å². The van der Waals surface area contributed by atoms with E-state index in [0.717, 1.165) is 23.5 Å². The topological polar surface area (TPSA) is 187 Å². The summed E-state index contributed by atoms with van der Waals surface area (Å²) in [6.07, 6.45) is 7.15. The van der Waals surface area contributed by atoms with Crippen LogP contribution in [-0.4, -0.2) is 121 Å². The van der Waals surface area contributed by atoms with Crippen LogP contribution in [0.3, 0.4) is 0 Å². The van der Waals surface area contributed by atoms with E-state index in [9.17, 15) is 28.8 Å². The Morgan fingerprint density at radius 1 is 0.942 bits per heavy atom. The quantitative estimate of drug-likeness (QED) is 0.0606. The molecule has 0 saturated carbocycles. The van der Waals surface area contributed by atoms with Crippen molar-refractivity contribution in [3.63, 3.8) is 0 Å². The van der Waals surface area contributed by atoms with Crippen LogP contribution < -0.4 is 21.3 Å². The number of ketones is 1. The van der Waals surface area contributed by atoms with Gasteiger partial charge >= 0.3 is 5.97 Å². The lowest BCUT2D eigenvalue weighted by atomic mass is 10.1. The van der Waals surface area contributed by atoms with Gasteiger partial charge in [0, 0.05) is 42.9 Å². The van der Waals surface area contributed by atoms with Crippen LogP contribution in [0.4, 0.5) is 0 Å². The zero-order valence-electron chi connectivity index (χ0n) is 33.6. The summed E-state index contributed by atoms with van der Waals surface area (Å²) in [7, 11) is 3.53. The molecule has 1 rings (SSSR count). The van der Waals surface area contributed by atoms with Gasteiger partial charge in [-0.3, -0.25) is 28.8 Å². The SMILES string of the molecule is CC(C)C(=O)NC1CSCC1C.CCC(=O)C=N.CCCCCSCCC(=O)NCCCCC(NC(=O)CN(C)C)C(=O)NCC(=O)OC(C)(C)C. The van der Waals surface area contributed by atoms with Gasteiger partial charge in [-0.2, -0.15) is 23.5 Å². The number of likely N-dealkylation sites (N-methyl/N-ethyl adjacent to an activating group) is 1. The molecule has 0 bridgehead atoms. The van der Waals surface area contributed by atoms with Crippen molar-refractivity contribution in [3.05, 3.63) is 0 Å². The molecule has 15 heteroatoms. The predicted molar refractivity (Wildman–Crippen MR) is 215 cm³/mol. The van der Waals surface area contributed by atoms with E-state index in [1.807, 2.05) is 37.4 Å². The van der Waals surface area contributed by atoms with Crippen molar-refractivity contribution >= 4 is 65.1 Å². The number of Topliss-reactive ketones (excluding diaryl/α,β-unsaturated/α-hetero) is 1. The van der Waals surface area contributed by atoms with Gasteiger partial charge in [0.05, 0.1) is 12.8 Å². The molecule has 0 spiro atoms. The lowest BCUT2D eigenvalue weighted by Crippen LogP contribution is -2.50. The molecule has 3 atom stereocenters. The predicted octanol–water partition coefficient (Wildman–Crippen LogP) is 4.22. The second-order valence-corrected chi connectivity index (χ2v) is 16.6. The molecule has 1 fully saturated rings. The smallest absolute Gasteiger partial charge is 0.325 e. The summed E-state index contributed by atoms with van der Waals surface area (Å²) in [6.45, 7) is 15.6. The van der Waals surface area contributed by atoms with E-state index in [4.69, 9.17) is 10.1 Å². The minimum absolute atomic E-state index is 0.0360.